The number of amides is 2. The fraction of sp³-hybridized carbons (Fsp3) is 0.846. The van der Waals surface area contributed by atoms with Crippen LogP contribution in [0.3, 0.4) is 0 Å². The van der Waals surface area contributed by atoms with Gasteiger partial charge in [0, 0.05) is 13.7 Å². The predicted molar refractivity (Wildman–Crippen MR) is 71.0 cm³/mol. The number of hydrogen-bond acceptors (Lipinski definition) is 3. The Morgan fingerprint density at radius 1 is 1.47 bits per heavy atom. The Morgan fingerprint density at radius 3 is 2.63 bits per heavy atom. The van der Waals surface area contributed by atoms with Crippen LogP contribution in [0.4, 0.5) is 4.79 Å². The molecule has 0 saturated carbocycles. The van der Waals surface area contributed by atoms with Gasteiger partial charge in [0.25, 0.3) is 0 Å². The number of carboxylic acids is 1. The maximum atomic E-state index is 12.2. The van der Waals surface area contributed by atoms with Crippen molar-refractivity contribution in [3.8, 4) is 0 Å². The Bertz CT molecular complexity index is 344. The number of methoxy groups -OCH3 is 1. The third-order valence-corrected chi connectivity index (χ3v) is 3.40. The molecule has 0 aromatic rings. The largest absolute Gasteiger partial charge is 0.480 e. The quantitative estimate of drug-likeness (QED) is 0.808. The van der Waals surface area contributed by atoms with Crippen LogP contribution in [-0.4, -0.2) is 53.8 Å². The first-order chi connectivity index (χ1) is 8.78. The second-order valence-electron chi connectivity index (χ2n) is 5.84. The average Bonchev–Trinajstić information content (AvgIpc) is 2.27. The zero-order chi connectivity index (χ0) is 14.6. The molecule has 2 atom stereocenters. The molecule has 0 aromatic carbocycles. The van der Waals surface area contributed by atoms with Crippen LogP contribution >= 0.6 is 0 Å². The summed E-state index contributed by atoms with van der Waals surface area (Å²) in [6, 6.07) is -1.08. The highest BCUT2D eigenvalue weighted by atomic mass is 16.5. The highest BCUT2D eigenvalue weighted by Crippen LogP contribution is 2.24. The number of carbonyl (C=O) groups is 2. The maximum absolute atomic E-state index is 12.2. The molecule has 0 aromatic heterocycles. The Balaban J connectivity index is 2.76. The van der Waals surface area contributed by atoms with Crippen LogP contribution in [0, 0.1) is 5.92 Å². The number of carbonyl (C=O) groups excluding carboxylic acids is 1. The second-order valence-corrected chi connectivity index (χ2v) is 5.84. The lowest BCUT2D eigenvalue weighted by molar-refractivity contribution is -0.145. The molecule has 2 N–H and O–H groups in total. The fourth-order valence-corrected chi connectivity index (χ4v) is 2.55. The van der Waals surface area contributed by atoms with E-state index in [2.05, 4.69) is 5.32 Å². The first kappa shape index (κ1) is 15.8. The molecule has 2 amide bonds. The number of hydrogen-bond donors (Lipinski definition) is 2. The molecule has 0 bridgehead atoms. The van der Waals surface area contributed by atoms with Crippen LogP contribution in [0.15, 0.2) is 0 Å². The smallest absolute Gasteiger partial charge is 0.326 e. The Labute approximate surface area is 114 Å². The summed E-state index contributed by atoms with van der Waals surface area (Å²) in [5, 5.41) is 12.1. The topological polar surface area (TPSA) is 78.9 Å². The van der Waals surface area contributed by atoms with Crippen molar-refractivity contribution in [2.45, 2.75) is 45.2 Å². The highest BCUT2D eigenvalue weighted by molar-refractivity contribution is 5.83. The van der Waals surface area contributed by atoms with E-state index in [1.165, 1.54) is 4.90 Å². The minimum Gasteiger partial charge on any atom is -0.480 e. The van der Waals surface area contributed by atoms with E-state index in [0.717, 1.165) is 12.8 Å². The van der Waals surface area contributed by atoms with Gasteiger partial charge in [-0.3, -0.25) is 0 Å². The summed E-state index contributed by atoms with van der Waals surface area (Å²) < 4.78 is 5.04. The van der Waals surface area contributed by atoms with Crippen molar-refractivity contribution in [3.05, 3.63) is 0 Å². The third-order valence-electron chi connectivity index (χ3n) is 3.40. The standard InChI is InChI=1S/C13H24N2O4/c1-9-6-5-7-15(10(9)11(16)17)12(18)14-13(2,3)8-19-4/h9-10H,5-8H2,1-4H3,(H,14,18)(H,16,17). The molecule has 1 aliphatic heterocycles. The number of urea groups is 1. The molecule has 1 heterocycles. The van der Waals surface area contributed by atoms with Crippen molar-refractivity contribution in [2.24, 2.45) is 5.92 Å². The zero-order valence-electron chi connectivity index (χ0n) is 12.1. The molecule has 0 spiro atoms. The number of aliphatic carboxylic acids is 1. The summed E-state index contributed by atoms with van der Waals surface area (Å²) in [7, 11) is 1.57. The van der Waals surface area contributed by atoms with E-state index in [1.54, 1.807) is 7.11 Å². The van der Waals surface area contributed by atoms with Crippen LogP contribution in [0.2, 0.25) is 0 Å². The van der Waals surface area contributed by atoms with Gasteiger partial charge in [0.15, 0.2) is 0 Å². The molecule has 6 heteroatoms. The first-order valence-corrected chi connectivity index (χ1v) is 6.59. The lowest BCUT2D eigenvalue weighted by atomic mass is 9.91. The number of nitrogens with zero attached hydrogens (tertiary/aromatic N) is 1. The normalized spacial score (nSPS) is 24.1. The van der Waals surface area contributed by atoms with E-state index in [1.807, 2.05) is 20.8 Å². The van der Waals surface area contributed by atoms with E-state index < -0.39 is 17.6 Å². The number of likely N-dealkylation sites (tertiary alicyclic amines) is 1. The van der Waals surface area contributed by atoms with E-state index in [9.17, 15) is 14.7 Å². The lowest BCUT2D eigenvalue weighted by Crippen LogP contribution is -2.59. The van der Waals surface area contributed by atoms with Gasteiger partial charge in [-0.05, 0) is 32.6 Å². The van der Waals surface area contributed by atoms with Gasteiger partial charge in [-0.2, -0.15) is 0 Å². The van der Waals surface area contributed by atoms with Crippen LogP contribution in [0.5, 0.6) is 0 Å². The average molecular weight is 272 g/mol. The number of rotatable bonds is 4. The summed E-state index contributed by atoms with van der Waals surface area (Å²) in [4.78, 5) is 25.0. The zero-order valence-corrected chi connectivity index (χ0v) is 12.1. The van der Waals surface area contributed by atoms with Gasteiger partial charge >= 0.3 is 12.0 Å². The van der Waals surface area contributed by atoms with Crippen LogP contribution in [-0.2, 0) is 9.53 Å². The summed E-state index contributed by atoms with van der Waals surface area (Å²) in [6.45, 7) is 6.42. The molecule has 0 aliphatic carbocycles. The van der Waals surface area contributed by atoms with Crippen LogP contribution in [0.1, 0.15) is 33.6 Å². The minimum atomic E-state index is -0.938. The predicted octanol–water partition coefficient (Wildman–Crippen LogP) is 1.31. The summed E-state index contributed by atoms with van der Waals surface area (Å²) in [5.74, 6) is -0.963. The van der Waals surface area contributed by atoms with Gasteiger partial charge in [0.1, 0.15) is 6.04 Å². The maximum Gasteiger partial charge on any atom is 0.326 e. The van der Waals surface area contributed by atoms with Gasteiger partial charge < -0.3 is 20.1 Å². The Morgan fingerprint density at radius 2 is 2.11 bits per heavy atom. The van der Waals surface area contributed by atoms with Gasteiger partial charge in [0.2, 0.25) is 0 Å². The van der Waals surface area contributed by atoms with Gasteiger partial charge in [-0.15, -0.1) is 0 Å². The van der Waals surface area contributed by atoms with Crippen molar-refractivity contribution >= 4 is 12.0 Å². The van der Waals surface area contributed by atoms with Crippen LogP contribution in [0.25, 0.3) is 0 Å². The SMILES string of the molecule is COCC(C)(C)NC(=O)N1CCCC(C)C1C(=O)O. The van der Waals surface area contributed by atoms with Gasteiger partial charge in [-0.1, -0.05) is 6.92 Å². The molecule has 6 nitrogen and oxygen atoms in total. The summed E-state index contributed by atoms with van der Waals surface area (Å²) >= 11 is 0. The van der Waals surface area contributed by atoms with E-state index in [0.29, 0.717) is 13.2 Å². The Hall–Kier alpha value is -1.30. The molecule has 110 valence electrons. The summed E-state index contributed by atoms with van der Waals surface area (Å²) in [5.41, 5.74) is -0.518. The Kier molecular flexibility index (Phi) is 5.17. The van der Waals surface area contributed by atoms with E-state index in [-0.39, 0.29) is 11.9 Å². The molecule has 1 fully saturated rings. The van der Waals surface area contributed by atoms with E-state index >= 15 is 0 Å². The molecular formula is C13H24N2O4. The molecule has 0 radical (unpaired) electrons. The molecule has 1 rings (SSSR count). The fourth-order valence-electron chi connectivity index (χ4n) is 2.55. The minimum absolute atomic E-state index is 0.0254. The molecular weight excluding hydrogens is 248 g/mol. The van der Waals surface area contributed by atoms with Gasteiger partial charge in [-0.25, -0.2) is 9.59 Å². The van der Waals surface area contributed by atoms with Crippen molar-refractivity contribution in [1.82, 2.24) is 10.2 Å². The van der Waals surface area contributed by atoms with Crippen molar-refractivity contribution < 1.29 is 19.4 Å². The van der Waals surface area contributed by atoms with E-state index in [4.69, 9.17) is 4.74 Å². The van der Waals surface area contributed by atoms with Gasteiger partial charge in [0.05, 0.1) is 12.1 Å². The van der Waals surface area contributed by atoms with Crippen molar-refractivity contribution in [2.75, 3.05) is 20.3 Å². The second kappa shape index (κ2) is 6.23. The monoisotopic (exact) mass is 272 g/mol. The molecule has 19 heavy (non-hydrogen) atoms. The van der Waals surface area contributed by atoms with Crippen LogP contribution < -0.4 is 5.32 Å². The van der Waals surface area contributed by atoms with Crippen molar-refractivity contribution in [3.63, 3.8) is 0 Å². The summed E-state index contributed by atoms with van der Waals surface area (Å²) in [6.07, 6.45) is 1.67. The first-order valence-electron chi connectivity index (χ1n) is 6.59. The lowest BCUT2D eigenvalue weighted by Gasteiger charge is -2.39. The number of ether oxygens (including phenoxy) is 1. The molecule has 1 saturated heterocycles. The van der Waals surface area contributed by atoms with Crippen molar-refractivity contribution in [1.29, 1.82) is 0 Å². The number of carboxylic acid groups (broad SMARTS) is 1. The number of piperidine rings is 1. The molecule has 1 aliphatic rings. The highest BCUT2D eigenvalue weighted by Gasteiger charge is 2.38. The molecule has 2 unspecified atom stereocenters. The number of nitrogens with one attached hydrogen (secondary N) is 1. The third kappa shape index (κ3) is 4.09.